The number of ether oxygens (including phenoxy) is 13. The van der Waals surface area contributed by atoms with E-state index < -0.39 is 222 Å². The molecule has 4 unspecified atom stereocenters. The third-order valence-electron chi connectivity index (χ3n) is 24.6. The molecule has 4 heterocycles. The number of benzene rings is 2. The zero-order chi connectivity index (χ0) is 96.4. The van der Waals surface area contributed by atoms with Gasteiger partial charge in [0.05, 0.1) is 103 Å². The molecule has 7 aliphatic rings. The number of thioether (sulfide) groups is 1. The fourth-order valence-electron chi connectivity index (χ4n) is 17.5. The summed E-state index contributed by atoms with van der Waals surface area (Å²) in [6, 6.07) is 2.57. The Kier molecular flexibility index (Phi) is 40.3. The Balaban J connectivity index is 0.934. The van der Waals surface area contributed by atoms with E-state index in [0.29, 0.717) is 51.8 Å². The van der Waals surface area contributed by atoms with E-state index in [0.717, 1.165) is 40.5 Å². The summed E-state index contributed by atoms with van der Waals surface area (Å²) in [5, 5.41) is 66.8. The molecule has 9 rings (SSSR count). The fourth-order valence-corrected chi connectivity index (χ4v) is 22.8. The van der Waals surface area contributed by atoms with Crippen LogP contribution in [0.15, 0.2) is 47.6 Å². The topological polar surface area (TPSA) is 545 Å². The number of amides is 5. The number of hydrogen-bond acceptors (Lipinski definition) is 34. The van der Waals surface area contributed by atoms with Crippen LogP contribution >= 0.6 is 63.5 Å². The number of nitrogens with zero attached hydrogens (tertiary/aromatic N) is 1. The quantitative estimate of drug-likeness (QED) is 0.00537. The second kappa shape index (κ2) is 48.9. The molecule has 2 saturated carbocycles. The highest BCUT2D eigenvalue weighted by Crippen LogP contribution is 2.70. The van der Waals surface area contributed by atoms with E-state index in [9.17, 15) is 83.0 Å². The van der Waals surface area contributed by atoms with Gasteiger partial charge in [-0.2, -0.15) is 5.48 Å². The maximum Gasteiger partial charge on any atom is 0.410 e. The van der Waals surface area contributed by atoms with Crippen molar-refractivity contribution in [3.8, 4) is 40.9 Å². The number of allylic oxidation sites excluding steroid dienone is 2. The molecule has 6 fully saturated rings. The molecule has 43 heteroatoms. The number of hydrogen-bond donors (Lipinski definition) is 13. The molecule has 0 radical (unpaired) electrons. The number of likely N-dealkylation sites (N-methyl/N-ethyl adjacent to an activating group) is 1. The highest BCUT2D eigenvalue weighted by atomic mass is 127. The Bertz CT molecular complexity index is 4600. The van der Waals surface area contributed by atoms with E-state index in [2.05, 4.69) is 45.1 Å². The van der Waals surface area contributed by atoms with E-state index in [1.807, 2.05) is 22.6 Å². The SMILES string of the molecule is CCN(C(=O)OCc1ccc(NC(=O)[C@H](CCCNC(N)=O)CC(=O)[C@@H](NC(=O)[C@H](CCCCN)CC(C)=O)C(C)C)cc1)[C@H]1CO[C@@H](O[C@H]2[C@H](O[C@H]3C#C/C=C(/C)C#CC45C(CC(=O)OC)C(=O)C[C@]4(O)/C(=C/CSSC(C)P(=O)(O)O)C35)O[C@H](C)[C@@H](NO[C@H]3C[C@H](O)[C@H](SC(=O)c4c(C)c(I)c(O[C@@H]5O[C@@H](C)[C@H](O)[C@@H](OC)[C@H]5O)c(OC)c4OC)[C@@H](C)O3)[C@@H]2O)C[C@@H]1OC. The average Bonchev–Trinajstić information content (AvgIpc) is 1.51. The third-order valence-corrected chi connectivity index (χ3v) is 32.2. The van der Waals surface area contributed by atoms with E-state index in [4.69, 9.17) is 77.9 Å². The number of urea groups is 1. The lowest BCUT2D eigenvalue weighted by Gasteiger charge is -2.60. The maximum absolute atomic E-state index is 14.7. The second-order valence-corrected chi connectivity index (χ2v) is 41.1. The molecule has 4 aliphatic heterocycles. The third kappa shape index (κ3) is 26.2. The summed E-state index contributed by atoms with van der Waals surface area (Å²) in [7, 11) is 3.98. The highest BCUT2D eigenvalue weighted by molar-refractivity contribution is 14.1. The number of unbranched alkanes of at least 4 members (excludes halogenated alkanes) is 1. The van der Waals surface area contributed by atoms with Gasteiger partial charge in [0, 0.05) is 100 Å². The molecule has 0 bridgehead atoms. The van der Waals surface area contributed by atoms with Crippen molar-refractivity contribution in [3.05, 3.63) is 67.8 Å². The van der Waals surface area contributed by atoms with Gasteiger partial charge in [-0.1, -0.05) is 95.5 Å². The second-order valence-electron chi connectivity index (χ2n) is 33.8. The molecule has 38 nitrogen and oxygen atoms in total. The number of hydroxylamine groups is 1. The summed E-state index contributed by atoms with van der Waals surface area (Å²) >= 11 is 2.74. The molecule has 0 aromatic heterocycles. The lowest BCUT2D eigenvalue weighted by atomic mass is 9.44. The fraction of sp³-hybridized carbons (Fsp3) is 0.670. The summed E-state index contributed by atoms with van der Waals surface area (Å²) in [6.07, 6.45) is -16.4. The minimum absolute atomic E-state index is 0.0129. The van der Waals surface area contributed by atoms with Gasteiger partial charge < -0.3 is 134 Å². The standard InChI is InChI=1S/C88H125IN7O31PS3/c1-16-96(86(109)120-41-51-25-27-54(28-26-51)93-80(105)53(23-20-33-92-85(91)108)36-58(98)69(43(2)3)94-81(106)52(35-45(5)97)22-17-18-32-90)57-42-119-64(39-62(57)114-11)125-77-72(103)70(95-127-65-38-59(99)79(49(9)121-65)130-82(107)66-46(6)68(89)75(78(118-15)74(66)116-13)126-83-73(104)76(117-14)71(102)48(8)123-83)47(7)122-84(77)124-61-24-19-21-44(4)29-31-87-56(37-63(101)115-12)60(100)40-88(87,110)55(67(61)87)30-34-129-131-50(10)128(111,112)113/h21,25-28,30,43,47-50,52-53,56-57,59,61-62,64-65,67,69-73,76-77,79,83-84,95,99,102-104,110H,16-18,20,22-23,32-42,90H2,1-15H3,(H,93,105)(H,94,106)(H3,91,92,108)(H2,111,112,113)/b44-21-,55-30+/t47-,48+,49-,50?,52-,53-,56?,57+,59+,61+,62+,64+,65+,67?,69+,70-,71+,72+,73-,76-,77-,79-,83+,84+,87?,88+/m1/s1. The van der Waals surface area contributed by atoms with Crippen LogP contribution in [-0.2, 0) is 92.1 Å². The number of methoxy groups -OCH3 is 5. The first-order valence-corrected chi connectivity index (χ1v) is 49.4. The van der Waals surface area contributed by atoms with Crippen LogP contribution in [0.4, 0.5) is 15.3 Å². The van der Waals surface area contributed by atoms with Crippen molar-refractivity contribution in [2.45, 2.75) is 273 Å². The number of aliphatic hydroxyl groups excluding tert-OH is 4. The first-order valence-electron chi connectivity index (χ1n) is 43.4. The lowest BCUT2D eigenvalue weighted by Crippen LogP contribution is -2.69. The number of anilines is 1. The van der Waals surface area contributed by atoms with Gasteiger partial charge in [-0.3, -0.25) is 38.2 Å². The highest BCUT2D eigenvalue weighted by Gasteiger charge is 2.79. The van der Waals surface area contributed by atoms with Crippen LogP contribution < -0.4 is 47.1 Å². The smallest absolute Gasteiger partial charge is 0.410 e. The number of halogens is 1. The minimum atomic E-state index is -4.55. The summed E-state index contributed by atoms with van der Waals surface area (Å²) in [5.41, 5.74) is 11.9. The van der Waals surface area contributed by atoms with Gasteiger partial charge in [0.1, 0.15) is 65.4 Å². The molecule has 15 N–H and O–H groups in total. The summed E-state index contributed by atoms with van der Waals surface area (Å²) in [6.45, 7) is 16.2. The number of ketones is 3. The number of Topliss-reactive ketones (excluding diaryl/α,β-unsaturated/α-hetero) is 3. The predicted octanol–water partition coefficient (Wildman–Crippen LogP) is 5.89. The molecule has 26 atom stereocenters. The molecular weight excluding hydrogens is 1910 g/mol. The zero-order valence-corrected chi connectivity index (χ0v) is 81.5. The molecule has 131 heavy (non-hydrogen) atoms. The molecular formula is C88H125IN7O31PS3. The number of nitrogens with two attached hydrogens (primary N) is 2. The Hall–Kier alpha value is -6.64. The number of esters is 1. The van der Waals surface area contributed by atoms with E-state index in [1.54, 1.807) is 85.7 Å². The minimum Gasteiger partial charge on any atom is -0.492 e. The molecule has 2 aromatic carbocycles. The lowest BCUT2D eigenvalue weighted by molar-refractivity contribution is -0.343. The van der Waals surface area contributed by atoms with Crippen LogP contribution in [0.1, 0.15) is 154 Å². The normalized spacial score (nSPS) is 30.9. The largest absolute Gasteiger partial charge is 0.492 e. The van der Waals surface area contributed by atoms with Gasteiger partial charge >= 0.3 is 25.7 Å². The molecule has 4 saturated heterocycles. The summed E-state index contributed by atoms with van der Waals surface area (Å²) in [4.78, 5) is 149. The zero-order valence-electron chi connectivity index (χ0n) is 76.0. The van der Waals surface area contributed by atoms with Crippen molar-refractivity contribution in [2.24, 2.45) is 46.5 Å². The molecule has 1 spiro atoms. The van der Waals surface area contributed by atoms with Crippen molar-refractivity contribution >= 4 is 122 Å². The van der Waals surface area contributed by atoms with Crippen LogP contribution in [-0.4, -0.2) is 286 Å². The predicted molar refractivity (Wildman–Crippen MR) is 488 cm³/mol. The molecule has 5 amide bonds. The van der Waals surface area contributed by atoms with Crippen molar-refractivity contribution in [2.75, 3.05) is 72.9 Å². The Morgan fingerprint density at radius 1 is 0.824 bits per heavy atom. The van der Waals surface area contributed by atoms with E-state index in [1.165, 1.54) is 53.3 Å². The summed E-state index contributed by atoms with van der Waals surface area (Å²) < 4.78 is 92.4. The van der Waals surface area contributed by atoms with Crippen molar-refractivity contribution < 1.29 is 149 Å². The van der Waals surface area contributed by atoms with Crippen molar-refractivity contribution in [3.63, 3.8) is 0 Å². The average molecular weight is 2030 g/mol. The molecule has 2 aromatic rings. The maximum atomic E-state index is 14.7. The van der Waals surface area contributed by atoms with Crippen molar-refractivity contribution in [1.29, 1.82) is 0 Å². The van der Waals surface area contributed by atoms with Gasteiger partial charge in [0.25, 0.3) is 0 Å². The first kappa shape index (κ1) is 108. The monoisotopic (exact) mass is 2030 g/mol. The van der Waals surface area contributed by atoms with Crippen LogP contribution in [0, 0.1) is 69.2 Å². The number of aliphatic hydroxyl groups is 5. The van der Waals surface area contributed by atoms with Crippen molar-refractivity contribution in [1.82, 2.24) is 21.0 Å². The Morgan fingerprint density at radius 3 is 2.14 bits per heavy atom. The van der Waals surface area contributed by atoms with Gasteiger partial charge in [-0.15, -0.1) is 0 Å². The van der Waals surface area contributed by atoms with E-state index >= 15 is 0 Å². The molecule has 3 aliphatic carbocycles. The van der Waals surface area contributed by atoms with Gasteiger partial charge in [-0.05, 0) is 151 Å². The number of carbonyl (C=O) groups excluding carboxylic acids is 9. The first-order chi connectivity index (χ1) is 62.1. The van der Waals surface area contributed by atoms with Gasteiger partial charge in [-0.25, -0.2) is 9.59 Å². The van der Waals surface area contributed by atoms with Gasteiger partial charge in [0.15, 0.2) is 36.2 Å². The number of carbonyl (C=O) groups is 9. The number of rotatable bonds is 44. The summed E-state index contributed by atoms with van der Waals surface area (Å²) in [5.74, 6) is 5.11. The van der Waals surface area contributed by atoms with Crippen LogP contribution in [0.25, 0.3) is 0 Å². The van der Waals surface area contributed by atoms with Gasteiger partial charge in [0.2, 0.25) is 29.0 Å². The van der Waals surface area contributed by atoms with Crippen LogP contribution in [0.5, 0.6) is 17.2 Å². The Labute approximate surface area is 787 Å². The number of nitrogens with one attached hydrogen (secondary N) is 4. The molecule has 728 valence electrons. The van der Waals surface area contributed by atoms with Crippen LogP contribution in [0.3, 0.4) is 0 Å². The Morgan fingerprint density at radius 2 is 1.51 bits per heavy atom. The number of primary amides is 1. The van der Waals surface area contributed by atoms with Crippen LogP contribution in [0.2, 0.25) is 0 Å². The van der Waals surface area contributed by atoms with E-state index in [-0.39, 0.29) is 111 Å².